The fraction of sp³-hybridized carbons (Fsp3) is 0.269. The van der Waals surface area contributed by atoms with Crippen LogP contribution >= 0.6 is 11.3 Å². The molecule has 0 radical (unpaired) electrons. The molecule has 0 N–H and O–H groups in total. The normalized spacial score (nSPS) is 17.0. The highest BCUT2D eigenvalue weighted by molar-refractivity contribution is 7.12. The maximum atomic E-state index is 12.8. The molecule has 2 aromatic heterocycles. The van der Waals surface area contributed by atoms with Gasteiger partial charge in [-0.2, -0.15) is 4.98 Å². The third-order valence-corrected chi connectivity index (χ3v) is 6.89. The summed E-state index contributed by atoms with van der Waals surface area (Å²) in [6.07, 6.45) is 1.94. The monoisotopic (exact) mass is 443 g/mol. The number of piperidine rings is 1. The number of aromatic nitrogens is 2. The molecule has 2 aromatic carbocycles. The summed E-state index contributed by atoms with van der Waals surface area (Å²) in [6.45, 7) is 2.24. The Balaban J connectivity index is 1.33. The standard InChI is InChI=1S/C26H25N3O2S/c30-25(22-14-8-16-32-22)21-13-7-15-29(17-21)18-23-27-26(28-31-23)24(19-9-3-1-4-10-19)20-11-5-2-6-12-20/h1-6,8-12,14,16,21,24H,7,13,15,17-18H2/t21-/m0/s1. The van der Waals surface area contributed by atoms with Crippen LogP contribution in [0.25, 0.3) is 0 Å². The number of carbonyl (C=O) groups excluding carboxylic acids is 1. The van der Waals surface area contributed by atoms with Crippen molar-refractivity contribution in [3.8, 4) is 0 Å². The van der Waals surface area contributed by atoms with Crippen molar-refractivity contribution >= 4 is 17.1 Å². The average Bonchev–Trinajstić information content (AvgIpc) is 3.53. The minimum atomic E-state index is -0.0792. The molecule has 0 saturated carbocycles. The Morgan fingerprint density at radius 2 is 1.75 bits per heavy atom. The second-order valence-corrected chi connectivity index (χ2v) is 9.16. The second-order valence-electron chi connectivity index (χ2n) is 8.22. The number of carbonyl (C=O) groups is 1. The van der Waals surface area contributed by atoms with Crippen LogP contribution in [0.5, 0.6) is 0 Å². The van der Waals surface area contributed by atoms with Gasteiger partial charge in [-0.1, -0.05) is 71.9 Å². The van der Waals surface area contributed by atoms with Crippen molar-refractivity contribution in [1.29, 1.82) is 0 Å². The van der Waals surface area contributed by atoms with E-state index in [1.807, 2.05) is 53.9 Å². The number of rotatable bonds is 7. The molecular weight excluding hydrogens is 418 g/mol. The van der Waals surface area contributed by atoms with Gasteiger partial charge in [0, 0.05) is 12.5 Å². The van der Waals surface area contributed by atoms with Crippen LogP contribution in [0, 0.1) is 5.92 Å². The van der Waals surface area contributed by atoms with E-state index in [0.29, 0.717) is 18.3 Å². The summed E-state index contributed by atoms with van der Waals surface area (Å²) in [4.78, 5) is 20.7. The third-order valence-electron chi connectivity index (χ3n) is 6.01. The molecule has 0 amide bonds. The van der Waals surface area contributed by atoms with Crippen molar-refractivity contribution in [1.82, 2.24) is 15.0 Å². The molecule has 0 unspecified atom stereocenters. The predicted molar refractivity (Wildman–Crippen MR) is 125 cm³/mol. The lowest BCUT2D eigenvalue weighted by atomic mass is 9.91. The summed E-state index contributed by atoms with van der Waals surface area (Å²) in [7, 11) is 0. The Morgan fingerprint density at radius 3 is 2.41 bits per heavy atom. The lowest BCUT2D eigenvalue weighted by molar-refractivity contribution is 0.0801. The molecule has 3 heterocycles. The van der Waals surface area contributed by atoms with Crippen molar-refractivity contribution in [3.63, 3.8) is 0 Å². The van der Waals surface area contributed by atoms with Gasteiger partial charge in [-0.3, -0.25) is 9.69 Å². The topological polar surface area (TPSA) is 59.2 Å². The molecule has 32 heavy (non-hydrogen) atoms. The van der Waals surface area contributed by atoms with E-state index >= 15 is 0 Å². The van der Waals surface area contributed by atoms with E-state index in [2.05, 4.69) is 34.3 Å². The fourth-order valence-corrected chi connectivity index (χ4v) is 5.20. The molecule has 0 spiro atoms. The van der Waals surface area contributed by atoms with Crippen molar-refractivity contribution < 1.29 is 9.32 Å². The molecule has 1 atom stereocenters. The zero-order valence-electron chi connectivity index (χ0n) is 17.8. The molecule has 1 aliphatic heterocycles. The number of hydrogen-bond acceptors (Lipinski definition) is 6. The van der Waals surface area contributed by atoms with Crippen LogP contribution in [0.4, 0.5) is 0 Å². The molecule has 5 nitrogen and oxygen atoms in total. The molecule has 1 fully saturated rings. The van der Waals surface area contributed by atoms with Gasteiger partial charge in [-0.25, -0.2) is 0 Å². The first-order valence-corrected chi connectivity index (χ1v) is 11.9. The number of hydrogen-bond donors (Lipinski definition) is 0. The number of Topliss-reactive ketones (excluding diaryl/α,β-unsaturated/α-hetero) is 1. The zero-order valence-corrected chi connectivity index (χ0v) is 18.6. The molecule has 0 aliphatic carbocycles. The average molecular weight is 444 g/mol. The summed E-state index contributed by atoms with van der Waals surface area (Å²) in [6, 6.07) is 24.4. The van der Waals surface area contributed by atoms with Crippen LogP contribution < -0.4 is 0 Å². The Morgan fingerprint density at radius 1 is 1.03 bits per heavy atom. The summed E-state index contributed by atoms with van der Waals surface area (Å²) in [5, 5.41) is 6.31. The number of likely N-dealkylation sites (tertiary alicyclic amines) is 1. The largest absolute Gasteiger partial charge is 0.338 e. The Bertz CT molecular complexity index is 1100. The van der Waals surface area contributed by atoms with Crippen molar-refractivity contribution in [2.24, 2.45) is 5.92 Å². The highest BCUT2D eigenvalue weighted by Crippen LogP contribution is 2.30. The van der Waals surface area contributed by atoms with E-state index in [1.165, 1.54) is 11.3 Å². The Kier molecular flexibility index (Phi) is 6.23. The summed E-state index contributed by atoms with van der Waals surface area (Å²) < 4.78 is 5.67. The van der Waals surface area contributed by atoms with Gasteiger partial charge in [0.2, 0.25) is 5.89 Å². The highest BCUT2D eigenvalue weighted by Gasteiger charge is 2.29. The minimum Gasteiger partial charge on any atom is -0.338 e. The van der Waals surface area contributed by atoms with Gasteiger partial charge < -0.3 is 4.52 Å². The van der Waals surface area contributed by atoms with Crippen molar-refractivity contribution in [2.75, 3.05) is 13.1 Å². The molecule has 1 saturated heterocycles. The second kappa shape index (κ2) is 9.59. The van der Waals surface area contributed by atoms with Crippen LogP contribution in [0.15, 0.2) is 82.7 Å². The number of nitrogens with zero attached hydrogens (tertiary/aromatic N) is 3. The van der Waals surface area contributed by atoms with E-state index in [4.69, 9.17) is 9.51 Å². The third kappa shape index (κ3) is 4.56. The van der Waals surface area contributed by atoms with E-state index in [0.717, 1.165) is 41.9 Å². The van der Waals surface area contributed by atoms with Crippen LogP contribution in [0.3, 0.4) is 0 Å². The first-order chi connectivity index (χ1) is 15.8. The van der Waals surface area contributed by atoms with Crippen molar-refractivity contribution in [3.05, 3.63) is 106 Å². The van der Waals surface area contributed by atoms with Gasteiger partial charge in [-0.05, 0) is 42.0 Å². The maximum absolute atomic E-state index is 12.8. The van der Waals surface area contributed by atoms with Gasteiger partial charge >= 0.3 is 0 Å². The van der Waals surface area contributed by atoms with Gasteiger partial charge in [0.05, 0.1) is 17.3 Å². The summed E-state index contributed by atoms with van der Waals surface area (Å²) in [5.41, 5.74) is 2.26. The fourth-order valence-electron chi connectivity index (χ4n) is 4.46. The minimum absolute atomic E-state index is 0.0335. The molecule has 5 rings (SSSR count). The Labute approximate surface area is 191 Å². The van der Waals surface area contributed by atoms with E-state index in [1.54, 1.807) is 0 Å². The zero-order chi connectivity index (χ0) is 21.8. The lowest BCUT2D eigenvalue weighted by Gasteiger charge is -2.30. The molecule has 6 heteroatoms. The number of thiophene rings is 1. The lowest BCUT2D eigenvalue weighted by Crippen LogP contribution is -2.38. The van der Waals surface area contributed by atoms with Crippen LogP contribution in [0.1, 0.15) is 51.3 Å². The van der Waals surface area contributed by atoms with Crippen LogP contribution in [-0.2, 0) is 6.54 Å². The molecule has 1 aliphatic rings. The summed E-state index contributed by atoms with van der Waals surface area (Å²) in [5.74, 6) is 1.47. The van der Waals surface area contributed by atoms with Crippen LogP contribution in [0.2, 0.25) is 0 Å². The van der Waals surface area contributed by atoms with Gasteiger partial charge in [-0.15, -0.1) is 11.3 Å². The smallest absolute Gasteiger partial charge is 0.240 e. The first-order valence-electron chi connectivity index (χ1n) is 11.0. The molecular formula is C26H25N3O2S. The molecule has 4 aromatic rings. The van der Waals surface area contributed by atoms with E-state index < -0.39 is 0 Å². The van der Waals surface area contributed by atoms with Gasteiger partial charge in [0.15, 0.2) is 11.6 Å². The van der Waals surface area contributed by atoms with E-state index in [-0.39, 0.29) is 17.6 Å². The maximum Gasteiger partial charge on any atom is 0.240 e. The van der Waals surface area contributed by atoms with Gasteiger partial charge in [0.1, 0.15) is 0 Å². The Hall–Kier alpha value is -3.09. The predicted octanol–water partition coefficient (Wildman–Crippen LogP) is 5.41. The van der Waals surface area contributed by atoms with Gasteiger partial charge in [0.25, 0.3) is 0 Å². The molecule has 162 valence electrons. The first kappa shape index (κ1) is 20.8. The SMILES string of the molecule is O=C(c1cccs1)[C@H]1CCCN(Cc2nc(C(c3ccccc3)c3ccccc3)no2)C1. The summed E-state index contributed by atoms with van der Waals surface area (Å²) >= 11 is 1.52. The quantitative estimate of drug-likeness (QED) is 0.358. The van der Waals surface area contributed by atoms with Crippen molar-refractivity contribution in [2.45, 2.75) is 25.3 Å². The van der Waals surface area contributed by atoms with E-state index in [9.17, 15) is 4.79 Å². The number of ketones is 1. The number of benzene rings is 2. The molecule has 0 bridgehead atoms. The highest BCUT2D eigenvalue weighted by atomic mass is 32.1. The van der Waals surface area contributed by atoms with Crippen LogP contribution in [-0.4, -0.2) is 33.9 Å².